The van der Waals surface area contributed by atoms with Crippen LogP contribution in [-0.2, 0) is 0 Å². The molecule has 0 aromatic heterocycles. The Labute approximate surface area is 75.4 Å². The van der Waals surface area contributed by atoms with Gasteiger partial charge in [-0.3, -0.25) is 0 Å². The Kier molecular flexibility index (Phi) is 3.53. The molecular weight excluding hydrogens is 150 g/mol. The number of aliphatic hydroxyl groups is 1. The monoisotopic (exact) mass is 171 g/mol. The molecule has 1 heterocycles. The van der Waals surface area contributed by atoms with Crippen molar-refractivity contribution in [2.24, 2.45) is 5.92 Å². The fourth-order valence-electron chi connectivity index (χ4n) is 2.14. The van der Waals surface area contributed by atoms with Crippen LogP contribution in [0.3, 0.4) is 0 Å². The minimum Gasteiger partial charge on any atom is -0.390 e. The molecule has 0 saturated carbocycles. The summed E-state index contributed by atoms with van der Waals surface area (Å²) in [5, 5.41) is 13.6. The first-order valence-electron chi connectivity index (χ1n) is 5.16. The van der Waals surface area contributed by atoms with Gasteiger partial charge in [0.2, 0.25) is 0 Å². The van der Waals surface area contributed by atoms with Crippen LogP contribution in [0.5, 0.6) is 0 Å². The molecule has 0 spiro atoms. The average Bonchev–Trinajstić information content (AvgIpc) is 2.18. The van der Waals surface area contributed by atoms with Crippen molar-refractivity contribution in [2.45, 2.75) is 45.1 Å². The predicted molar refractivity (Wildman–Crippen MR) is 51.1 cm³/mol. The van der Waals surface area contributed by atoms with Crippen molar-refractivity contribution in [3.8, 4) is 0 Å². The first-order valence-corrected chi connectivity index (χ1v) is 5.16. The Morgan fingerprint density at radius 1 is 1.42 bits per heavy atom. The SMILES string of the molecule is CCC(O)(CC)C1CCCNC1. The van der Waals surface area contributed by atoms with Crippen LogP contribution in [0.15, 0.2) is 0 Å². The maximum atomic E-state index is 10.2. The average molecular weight is 171 g/mol. The quantitative estimate of drug-likeness (QED) is 0.675. The summed E-state index contributed by atoms with van der Waals surface area (Å²) in [6.45, 7) is 6.29. The molecule has 0 radical (unpaired) electrons. The van der Waals surface area contributed by atoms with Gasteiger partial charge in [-0.1, -0.05) is 13.8 Å². The predicted octanol–water partition coefficient (Wildman–Crippen LogP) is 1.54. The van der Waals surface area contributed by atoms with Gasteiger partial charge in [0, 0.05) is 12.5 Å². The van der Waals surface area contributed by atoms with Crippen LogP contribution in [0.2, 0.25) is 0 Å². The number of piperidine rings is 1. The van der Waals surface area contributed by atoms with Crippen LogP contribution in [0.25, 0.3) is 0 Å². The minimum absolute atomic E-state index is 0.409. The van der Waals surface area contributed by atoms with Gasteiger partial charge in [-0.25, -0.2) is 0 Å². The van der Waals surface area contributed by atoms with E-state index in [9.17, 15) is 5.11 Å². The van der Waals surface area contributed by atoms with Gasteiger partial charge in [-0.15, -0.1) is 0 Å². The first kappa shape index (κ1) is 10.0. The Morgan fingerprint density at radius 2 is 2.08 bits per heavy atom. The topological polar surface area (TPSA) is 32.3 Å². The van der Waals surface area contributed by atoms with Crippen LogP contribution in [0.4, 0.5) is 0 Å². The zero-order valence-electron chi connectivity index (χ0n) is 8.27. The van der Waals surface area contributed by atoms with Crippen molar-refractivity contribution in [3.05, 3.63) is 0 Å². The molecule has 72 valence electrons. The van der Waals surface area contributed by atoms with Crippen molar-refractivity contribution in [3.63, 3.8) is 0 Å². The van der Waals surface area contributed by atoms with Crippen molar-refractivity contribution >= 4 is 0 Å². The lowest BCUT2D eigenvalue weighted by Gasteiger charge is -2.37. The van der Waals surface area contributed by atoms with Crippen molar-refractivity contribution in [2.75, 3.05) is 13.1 Å². The van der Waals surface area contributed by atoms with E-state index in [1.807, 2.05) is 0 Å². The van der Waals surface area contributed by atoms with E-state index in [4.69, 9.17) is 0 Å². The molecule has 1 unspecified atom stereocenters. The number of hydrogen-bond acceptors (Lipinski definition) is 2. The molecule has 2 nitrogen and oxygen atoms in total. The molecule has 0 aliphatic carbocycles. The lowest BCUT2D eigenvalue weighted by Crippen LogP contribution is -2.45. The van der Waals surface area contributed by atoms with E-state index in [-0.39, 0.29) is 0 Å². The van der Waals surface area contributed by atoms with Gasteiger partial charge < -0.3 is 10.4 Å². The highest BCUT2D eigenvalue weighted by Gasteiger charge is 2.33. The standard InChI is InChI=1S/C10H21NO/c1-3-10(12,4-2)9-6-5-7-11-8-9/h9,11-12H,3-8H2,1-2H3. The van der Waals surface area contributed by atoms with Crippen LogP contribution in [-0.4, -0.2) is 23.8 Å². The Balaban J connectivity index is 2.51. The van der Waals surface area contributed by atoms with Crippen LogP contribution >= 0.6 is 0 Å². The van der Waals surface area contributed by atoms with Gasteiger partial charge >= 0.3 is 0 Å². The molecule has 0 amide bonds. The summed E-state index contributed by atoms with van der Waals surface area (Å²) in [6, 6.07) is 0. The van der Waals surface area contributed by atoms with Gasteiger partial charge in [0.25, 0.3) is 0 Å². The second kappa shape index (κ2) is 4.24. The van der Waals surface area contributed by atoms with E-state index in [0.717, 1.165) is 25.9 Å². The van der Waals surface area contributed by atoms with Gasteiger partial charge in [0.15, 0.2) is 0 Å². The maximum absolute atomic E-state index is 10.2. The highest BCUT2D eigenvalue weighted by atomic mass is 16.3. The summed E-state index contributed by atoms with van der Waals surface area (Å²) < 4.78 is 0. The smallest absolute Gasteiger partial charge is 0.0682 e. The third-order valence-electron chi connectivity index (χ3n) is 3.28. The van der Waals surface area contributed by atoms with E-state index in [2.05, 4.69) is 19.2 Å². The Morgan fingerprint density at radius 3 is 2.50 bits per heavy atom. The summed E-state index contributed by atoms with van der Waals surface area (Å²) in [7, 11) is 0. The van der Waals surface area contributed by atoms with E-state index in [0.29, 0.717) is 5.92 Å². The van der Waals surface area contributed by atoms with Crippen molar-refractivity contribution in [1.29, 1.82) is 0 Å². The maximum Gasteiger partial charge on any atom is 0.0682 e. The molecule has 12 heavy (non-hydrogen) atoms. The largest absolute Gasteiger partial charge is 0.390 e. The molecule has 0 aromatic carbocycles. The summed E-state index contributed by atoms with van der Waals surface area (Å²) in [5.41, 5.74) is -0.409. The minimum atomic E-state index is -0.409. The van der Waals surface area contributed by atoms with E-state index < -0.39 is 5.60 Å². The molecule has 1 saturated heterocycles. The van der Waals surface area contributed by atoms with Gasteiger partial charge in [-0.2, -0.15) is 0 Å². The zero-order chi connectivity index (χ0) is 9.03. The molecule has 1 fully saturated rings. The van der Waals surface area contributed by atoms with Gasteiger partial charge in [0.1, 0.15) is 0 Å². The first-order chi connectivity index (χ1) is 5.73. The van der Waals surface area contributed by atoms with Crippen molar-refractivity contribution in [1.82, 2.24) is 5.32 Å². The van der Waals surface area contributed by atoms with E-state index in [1.165, 1.54) is 12.8 Å². The Hall–Kier alpha value is -0.0800. The highest BCUT2D eigenvalue weighted by Crippen LogP contribution is 2.29. The molecule has 1 aliphatic rings. The van der Waals surface area contributed by atoms with Crippen molar-refractivity contribution < 1.29 is 5.11 Å². The lowest BCUT2D eigenvalue weighted by atomic mass is 9.79. The summed E-state index contributed by atoms with van der Waals surface area (Å²) >= 11 is 0. The van der Waals surface area contributed by atoms with Crippen LogP contribution in [0.1, 0.15) is 39.5 Å². The molecule has 2 N–H and O–H groups in total. The summed E-state index contributed by atoms with van der Waals surface area (Å²) in [4.78, 5) is 0. The molecule has 1 atom stereocenters. The lowest BCUT2D eigenvalue weighted by molar-refractivity contribution is -0.0340. The van der Waals surface area contributed by atoms with Gasteiger partial charge in [-0.05, 0) is 32.2 Å². The number of rotatable bonds is 3. The molecule has 1 rings (SSSR count). The fourth-order valence-corrected chi connectivity index (χ4v) is 2.14. The van der Waals surface area contributed by atoms with E-state index >= 15 is 0 Å². The molecule has 0 aromatic rings. The highest BCUT2D eigenvalue weighted by molar-refractivity contribution is 4.87. The third-order valence-corrected chi connectivity index (χ3v) is 3.28. The van der Waals surface area contributed by atoms with Gasteiger partial charge in [0.05, 0.1) is 5.60 Å². The molecule has 2 heteroatoms. The molecular formula is C10H21NO. The van der Waals surface area contributed by atoms with Crippen LogP contribution in [0, 0.1) is 5.92 Å². The summed E-state index contributed by atoms with van der Waals surface area (Å²) in [5.74, 6) is 0.473. The number of hydrogen-bond donors (Lipinski definition) is 2. The van der Waals surface area contributed by atoms with Crippen LogP contribution < -0.4 is 5.32 Å². The second-order valence-electron chi connectivity index (χ2n) is 3.85. The fraction of sp³-hybridized carbons (Fsp3) is 1.00. The zero-order valence-corrected chi connectivity index (χ0v) is 8.27. The molecule has 1 aliphatic heterocycles. The third kappa shape index (κ3) is 1.99. The Bertz CT molecular complexity index is 126. The molecule has 0 bridgehead atoms. The number of nitrogens with one attached hydrogen (secondary N) is 1. The van der Waals surface area contributed by atoms with E-state index in [1.54, 1.807) is 0 Å². The normalized spacial score (nSPS) is 25.8. The summed E-state index contributed by atoms with van der Waals surface area (Å²) in [6.07, 6.45) is 4.17. The second-order valence-corrected chi connectivity index (χ2v) is 3.85.